The van der Waals surface area contributed by atoms with Crippen LogP contribution in [0.25, 0.3) is 0 Å². The molecule has 1 heterocycles. The van der Waals surface area contributed by atoms with Crippen molar-refractivity contribution in [1.82, 2.24) is 0 Å². The molecule has 0 unspecified atom stereocenters. The summed E-state index contributed by atoms with van der Waals surface area (Å²) < 4.78 is 0. The van der Waals surface area contributed by atoms with Crippen LogP contribution in [-0.2, 0) is 6.42 Å². The normalized spacial score (nSPS) is 11.2. The lowest BCUT2D eigenvalue weighted by molar-refractivity contribution is 0.954. The Hall–Kier alpha value is -0.560. The molecule has 0 nitrogen and oxygen atoms in total. The van der Waals surface area contributed by atoms with Crippen molar-refractivity contribution in [2.45, 2.75) is 33.1 Å². The number of thiophene rings is 1. The van der Waals surface area contributed by atoms with Gasteiger partial charge >= 0.3 is 0 Å². The van der Waals surface area contributed by atoms with E-state index < -0.39 is 0 Å². The molecular weight excluding hydrogens is 164 g/mol. The third-order valence-corrected chi connectivity index (χ3v) is 2.76. The van der Waals surface area contributed by atoms with Gasteiger partial charge in [-0.05, 0) is 31.9 Å². The monoisotopic (exact) mass is 180 g/mol. The highest BCUT2D eigenvalue weighted by Crippen LogP contribution is 2.15. The number of hydrogen-bond acceptors (Lipinski definition) is 1. The van der Waals surface area contributed by atoms with Crippen molar-refractivity contribution >= 4 is 11.3 Å². The molecule has 0 aliphatic carbocycles. The predicted octanol–water partition coefficient (Wildman–Crippen LogP) is 3.96. The first-order valence-corrected chi connectivity index (χ1v) is 5.35. The number of aryl methyl sites for hydroxylation is 1. The lowest BCUT2D eigenvalue weighted by atomic mass is 10.2. The van der Waals surface area contributed by atoms with Crippen molar-refractivity contribution in [3.05, 3.63) is 34.0 Å². The summed E-state index contributed by atoms with van der Waals surface area (Å²) in [5.41, 5.74) is 0. The fraction of sp³-hybridized carbons (Fsp3) is 0.455. The molecule has 0 aromatic carbocycles. The molecule has 0 saturated carbocycles. The molecule has 0 N–H and O–H groups in total. The van der Waals surface area contributed by atoms with E-state index in [1.165, 1.54) is 22.6 Å². The molecular formula is C11H16S. The van der Waals surface area contributed by atoms with Crippen LogP contribution in [0.1, 0.15) is 29.5 Å². The summed E-state index contributed by atoms with van der Waals surface area (Å²) in [6.07, 6.45) is 8.12. The van der Waals surface area contributed by atoms with E-state index in [4.69, 9.17) is 0 Å². The van der Waals surface area contributed by atoms with Crippen molar-refractivity contribution in [3.8, 4) is 0 Å². The molecule has 12 heavy (non-hydrogen) atoms. The minimum atomic E-state index is 1.11. The molecule has 1 rings (SSSR count). The van der Waals surface area contributed by atoms with Crippen molar-refractivity contribution in [3.63, 3.8) is 0 Å². The number of rotatable bonds is 4. The molecule has 0 fully saturated rings. The summed E-state index contributed by atoms with van der Waals surface area (Å²) in [6, 6.07) is 4.41. The average molecular weight is 180 g/mol. The summed E-state index contributed by atoms with van der Waals surface area (Å²) in [5.74, 6) is 0. The Morgan fingerprint density at radius 1 is 1.33 bits per heavy atom. The van der Waals surface area contributed by atoms with Crippen molar-refractivity contribution in [2.75, 3.05) is 0 Å². The molecule has 1 aromatic rings. The van der Waals surface area contributed by atoms with Crippen LogP contribution in [-0.4, -0.2) is 0 Å². The van der Waals surface area contributed by atoms with Gasteiger partial charge in [-0.1, -0.05) is 25.5 Å². The van der Waals surface area contributed by atoms with Gasteiger partial charge in [0.2, 0.25) is 0 Å². The van der Waals surface area contributed by atoms with Gasteiger partial charge < -0.3 is 0 Å². The highest BCUT2D eigenvalue weighted by atomic mass is 32.1. The molecule has 66 valence electrons. The van der Waals surface area contributed by atoms with E-state index in [1.807, 2.05) is 11.3 Å². The quantitative estimate of drug-likeness (QED) is 0.615. The third kappa shape index (κ3) is 3.22. The van der Waals surface area contributed by atoms with Crippen LogP contribution >= 0.6 is 11.3 Å². The van der Waals surface area contributed by atoms with E-state index >= 15 is 0 Å². The topological polar surface area (TPSA) is 0 Å². The molecule has 0 aliphatic heterocycles. The number of allylic oxidation sites excluding steroid dienone is 2. The average Bonchev–Trinajstić information content (AvgIpc) is 2.45. The smallest absolute Gasteiger partial charge is 0.00857 e. The lowest BCUT2D eigenvalue weighted by Crippen LogP contribution is -1.71. The molecule has 0 saturated heterocycles. The van der Waals surface area contributed by atoms with Gasteiger partial charge in [-0.25, -0.2) is 0 Å². The Kier molecular flexibility index (Phi) is 4.09. The van der Waals surface area contributed by atoms with Gasteiger partial charge in [0, 0.05) is 9.75 Å². The first-order valence-electron chi connectivity index (χ1n) is 4.53. The van der Waals surface area contributed by atoms with Gasteiger partial charge in [0.15, 0.2) is 0 Å². The third-order valence-electron chi connectivity index (χ3n) is 1.74. The lowest BCUT2D eigenvalue weighted by Gasteiger charge is -1.87. The molecule has 1 aromatic heterocycles. The second kappa shape index (κ2) is 5.15. The van der Waals surface area contributed by atoms with Crippen LogP contribution in [0.3, 0.4) is 0 Å². The standard InChI is InChI=1S/C11H16S/c1-3-4-5-6-7-11-9-8-10(2)12-11/h5-6,8-9H,3-4,7H2,1-2H3/b6-5+. The van der Waals surface area contributed by atoms with Crippen LogP contribution in [0, 0.1) is 6.92 Å². The first-order chi connectivity index (χ1) is 5.83. The maximum Gasteiger partial charge on any atom is 0.00857 e. The minimum Gasteiger partial charge on any atom is -0.145 e. The zero-order chi connectivity index (χ0) is 8.81. The van der Waals surface area contributed by atoms with Gasteiger partial charge in [0.05, 0.1) is 0 Å². The fourth-order valence-corrected chi connectivity index (χ4v) is 1.94. The van der Waals surface area contributed by atoms with E-state index in [1.54, 1.807) is 0 Å². The zero-order valence-corrected chi connectivity index (χ0v) is 8.66. The molecule has 0 aliphatic rings. The summed E-state index contributed by atoms with van der Waals surface area (Å²) >= 11 is 1.89. The van der Waals surface area contributed by atoms with E-state index in [9.17, 15) is 0 Å². The van der Waals surface area contributed by atoms with Gasteiger partial charge in [0.1, 0.15) is 0 Å². The first kappa shape index (κ1) is 9.53. The Morgan fingerprint density at radius 2 is 2.17 bits per heavy atom. The highest BCUT2D eigenvalue weighted by molar-refractivity contribution is 7.11. The van der Waals surface area contributed by atoms with Crippen LogP contribution in [0.15, 0.2) is 24.3 Å². The molecule has 1 heteroatoms. The van der Waals surface area contributed by atoms with E-state index in [0.717, 1.165) is 6.42 Å². The molecule has 0 radical (unpaired) electrons. The second-order valence-electron chi connectivity index (χ2n) is 2.98. The summed E-state index contributed by atoms with van der Waals surface area (Å²) in [5, 5.41) is 0. The fourth-order valence-electron chi connectivity index (χ4n) is 1.08. The number of unbranched alkanes of at least 4 members (excludes halogenated alkanes) is 1. The SMILES string of the molecule is CCC/C=C/Cc1ccc(C)s1. The predicted molar refractivity (Wildman–Crippen MR) is 56.8 cm³/mol. The molecule has 0 atom stereocenters. The summed E-state index contributed by atoms with van der Waals surface area (Å²) in [4.78, 5) is 2.88. The largest absolute Gasteiger partial charge is 0.145 e. The Balaban J connectivity index is 2.33. The van der Waals surface area contributed by atoms with Gasteiger partial charge in [0.25, 0.3) is 0 Å². The maximum absolute atomic E-state index is 2.27. The van der Waals surface area contributed by atoms with Crippen LogP contribution in [0.4, 0.5) is 0 Å². The zero-order valence-electron chi connectivity index (χ0n) is 7.84. The van der Waals surface area contributed by atoms with E-state index in [0.29, 0.717) is 0 Å². The molecule has 0 bridgehead atoms. The maximum atomic E-state index is 2.27. The molecule has 0 spiro atoms. The Morgan fingerprint density at radius 3 is 2.75 bits per heavy atom. The Bertz CT molecular complexity index is 245. The van der Waals surface area contributed by atoms with Gasteiger partial charge in [-0.2, -0.15) is 0 Å². The van der Waals surface area contributed by atoms with E-state index in [2.05, 4.69) is 38.1 Å². The van der Waals surface area contributed by atoms with Crippen LogP contribution < -0.4 is 0 Å². The van der Waals surface area contributed by atoms with Crippen LogP contribution in [0.5, 0.6) is 0 Å². The van der Waals surface area contributed by atoms with E-state index in [-0.39, 0.29) is 0 Å². The van der Waals surface area contributed by atoms with Gasteiger partial charge in [-0.3, -0.25) is 0 Å². The van der Waals surface area contributed by atoms with Crippen molar-refractivity contribution in [1.29, 1.82) is 0 Å². The van der Waals surface area contributed by atoms with Crippen LogP contribution in [0.2, 0.25) is 0 Å². The Labute approximate surface area is 78.9 Å². The molecule has 0 amide bonds. The minimum absolute atomic E-state index is 1.11. The number of hydrogen-bond donors (Lipinski definition) is 0. The van der Waals surface area contributed by atoms with Crippen molar-refractivity contribution < 1.29 is 0 Å². The van der Waals surface area contributed by atoms with Gasteiger partial charge in [-0.15, -0.1) is 11.3 Å². The summed E-state index contributed by atoms with van der Waals surface area (Å²) in [7, 11) is 0. The van der Waals surface area contributed by atoms with Crippen molar-refractivity contribution in [2.24, 2.45) is 0 Å². The summed E-state index contributed by atoms with van der Waals surface area (Å²) in [6.45, 7) is 4.36. The highest BCUT2D eigenvalue weighted by Gasteiger charge is 1.91. The second-order valence-corrected chi connectivity index (χ2v) is 4.35.